The quantitative estimate of drug-likeness (QED) is 0.893. The Bertz CT molecular complexity index is 470. The summed E-state index contributed by atoms with van der Waals surface area (Å²) in [5, 5.41) is 8.79. The summed E-state index contributed by atoms with van der Waals surface area (Å²) in [5.74, 6) is -2.19. The van der Waals surface area contributed by atoms with Crippen LogP contribution in [0.2, 0.25) is 0 Å². The van der Waals surface area contributed by atoms with Crippen LogP contribution in [0.4, 0.5) is 19.0 Å². The number of hydrogen-bond acceptors (Lipinski definition) is 4. The number of carboxylic acids is 1. The van der Waals surface area contributed by atoms with Gasteiger partial charge in [0, 0.05) is 13.1 Å². The van der Waals surface area contributed by atoms with Gasteiger partial charge in [0.15, 0.2) is 5.69 Å². The topological polar surface area (TPSA) is 66.3 Å². The molecule has 1 aromatic heterocycles. The zero-order chi connectivity index (χ0) is 14.0. The van der Waals surface area contributed by atoms with Gasteiger partial charge in [-0.15, -0.1) is 0 Å². The minimum atomic E-state index is -4.17. The number of alkyl halides is 3. The summed E-state index contributed by atoms with van der Waals surface area (Å²) >= 11 is 0. The van der Waals surface area contributed by atoms with Crippen molar-refractivity contribution in [3.8, 4) is 0 Å². The van der Waals surface area contributed by atoms with Gasteiger partial charge in [-0.1, -0.05) is 0 Å². The van der Waals surface area contributed by atoms with Crippen molar-refractivity contribution in [1.29, 1.82) is 0 Å². The van der Waals surface area contributed by atoms with Crippen LogP contribution < -0.4 is 4.90 Å². The maximum atomic E-state index is 12.5. The molecule has 0 atom stereocenters. The summed E-state index contributed by atoms with van der Waals surface area (Å²) in [6, 6.07) is 0. The first kappa shape index (κ1) is 13.6. The van der Waals surface area contributed by atoms with E-state index in [1.165, 1.54) is 6.20 Å². The van der Waals surface area contributed by atoms with Crippen molar-refractivity contribution in [2.24, 2.45) is 5.92 Å². The van der Waals surface area contributed by atoms with Gasteiger partial charge in [0.25, 0.3) is 0 Å². The fraction of sp³-hybridized carbons (Fsp3) is 0.545. The van der Waals surface area contributed by atoms with Crippen LogP contribution in [0.3, 0.4) is 0 Å². The molecule has 0 saturated carbocycles. The molecule has 1 fully saturated rings. The highest BCUT2D eigenvalue weighted by molar-refractivity contribution is 5.85. The molecule has 2 rings (SSSR count). The van der Waals surface area contributed by atoms with E-state index in [0.29, 0.717) is 5.82 Å². The van der Waals surface area contributed by atoms with Gasteiger partial charge in [-0.2, -0.15) is 13.2 Å². The van der Waals surface area contributed by atoms with Crippen LogP contribution in [0.1, 0.15) is 23.3 Å². The lowest BCUT2D eigenvalue weighted by Gasteiger charge is -2.33. The van der Waals surface area contributed by atoms with Gasteiger partial charge >= 0.3 is 12.1 Å². The third kappa shape index (κ3) is 3.12. The van der Waals surface area contributed by atoms with Gasteiger partial charge in [-0.3, -0.25) is 4.98 Å². The average molecular weight is 275 g/mol. The maximum Gasteiger partial charge on any atom is 0.391 e. The minimum Gasteiger partial charge on any atom is -0.476 e. The van der Waals surface area contributed by atoms with E-state index in [0.717, 1.165) is 6.20 Å². The molecule has 1 aromatic rings. The molecular weight excluding hydrogens is 263 g/mol. The molecule has 1 aliphatic heterocycles. The Kier molecular flexibility index (Phi) is 3.59. The summed E-state index contributed by atoms with van der Waals surface area (Å²) < 4.78 is 37.5. The molecular formula is C11H12F3N3O2. The molecule has 1 N–H and O–H groups in total. The number of carboxylic acid groups (broad SMARTS) is 1. The first-order valence-electron chi connectivity index (χ1n) is 5.75. The van der Waals surface area contributed by atoms with E-state index < -0.39 is 18.1 Å². The van der Waals surface area contributed by atoms with E-state index in [1.807, 2.05) is 0 Å². The van der Waals surface area contributed by atoms with Crippen LogP contribution in [0.25, 0.3) is 0 Å². The lowest BCUT2D eigenvalue weighted by atomic mass is 9.96. The van der Waals surface area contributed by atoms with Crippen LogP contribution in [0, 0.1) is 5.92 Å². The Morgan fingerprint density at radius 1 is 1.32 bits per heavy atom. The van der Waals surface area contributed by atoms with Crippen molar-refractivity contribution < 1.29 is 23.1 Å². The van der Waals surface area contributed by atoms with Crippen molar-refractivity contribution in [3.05, 3.63) is 18.1 Å². The zero-order valence-corrected chi connectivity index (χ0v) is 9.89. The molecule has 1 saturated heterocycles. The standard InChI is InChI=1S/C11H12F3N3O2/c12-11(13,14)7-1-3-17(4-2-7)9-6-15-5-8(16-9)10(18)19/h5-7H,1-4H2,(H,18,19). The molecule has 0 aromatic carbocycles. The Hall–Kier alpha value is -1.86. The highest BCUT2D eigenvalue weighted by Crippen LogP contribution is 2.34. The largest absolute Gasteiger partial charge is 0.476 e. The normalized spacial score (nSPS) is 17.5. The minimum absolute atomic E-state index is 0.0114. The van der Waals surface area contributed by atoms with E-state index >= 15 is 0 Å². The van der Waals surface area contributed by atoms with Gasteiger partial charge < -0.3 is 10.0 Å². The monoisotopic (exact) mass is 275 g/mol. The van der Waals surface area contributed by atoms with Crippen molar-refractivity contribution in [2.45, 2.75) is 19.0 Å². The lowest BCUT2D eigenvalue weighted by molar-refractivity contribution is -0.179. The molecule has 19 heavy (non-hydrogen) atoms. The fourth-order valence-electron chi connectivity index (χ4n) is 2.05. The molecule has 0 bridgehead atoms. The van der Waals surface area contributed by atoms with E-state index in [1.54, 1.807) is 4.90 Å². The Labute approximate surface area is 107 Å². The van der Waals surface area contributed by atoms with E-state index in [4.69, 9.17) is 5.11 Å². The third-order valence-corrected chi connectivity index (χ3v) is 3.12. The molecule has 2 heterocycles. The third-order valence-electron chi connectivity index (χ3n) is 3.12. The first-order chi connectivity index (χ1) is 8.88. The number of aromatic nitrogens is 2. The van der Waals surface area contributed by atoms with Gasteiger partial charge in [-0.05, 0) is 12.8 Å². The second kappa shape index (κ2) is 5.02. The number of hydrogen-bond donors (Lipinski definition) is 1. The predicted molar refractivity (Wildman–Crippen MR) is 60.0 cm³/mol. The average Bonchev–Trinajstić information content (AvgIpc) is 2.38. The predicted octanol–water partition coefficient (Wildman–Crippen LogP) is 1.95. The van der Waals surface area contributed by atoms with Gasteiger partial charge in [-0.25, -0.2) is 9.78 Å². The van der Waals surface area contributed by atoms with Gasteiger partial charge in [0.05, 0.1) is 18.3 Å². The molecule has 0 spiro atoms. The van der Waals surface area contributed by atoms with Crippen LogP contribution in [0.15, 0.2) is 12.4 Å². The van der Waals surface area contributed by atoms with Crippen LogP contribution in [-0.2, 0) is 0 Å². The number of halogens is 3. The summed E-state index contributed by atoms with van der Waals surface area (Å²) in [6.07, 6.45) is -1.72. The number of piperidine rings is 1. The molecule has 5 nitrogen and oxygen atoms in total. The molecule has 104 valence electrons. The summed E-state index contributed by atoms with van der Waals surface area (Å²) in [5.41, 5.74) is -0.213. The van der Waals surface area contributed by atoms with E-state index in [2.05, 4.69) is 9.97 Å². The Morgan fingerprint density at radius 2 is 1.95 bits per heavy atom. The molecule has 0 unspecified atom stereocenters. The van der Waals surface area contributed by atoms with E-state index in [-0.39, 0.29) is 31.6 Å². The Morgan fingerprint density at radius 3 is 2.47 bits per heavy atom. The molecule has 0 radical (unpaired) electrons. The molecule has 0 amide bonds. The van der Waals surface area contributed by atoms with Gasteiger partial charge in [0.1, 0.15) is 5.82 Å². The zero-order valence-electron chi connectivity index (χ0n) is 9.89. The molecule has 8 heteroatoms. The van der Waals surface area contributed by atoms with Crippen LogP contribution in [0.5, 0.6) is 0 Å². The first-order valence-corrected chi connectivity index (χ1v) is 5.75. The van der Waals surface area contributed by atoms with Crippen molar-refractivity contribution in [3.63, 3.8) is 0 Å². The maximum absolute atomic E-state index is 12.5. The Balaban J connectivity index is 2.05. The van der Waals surface area contributed by atoms with Crippen LogP contribution in [-0.4, -0.2) is 40.3 Å². The number of aromatic carboxylic acids is 1. The number of nitrogens with zero attached hydrogens (tertiary/aromatic N) is 3. The molecule has 0 aliphatic carbocycles. The summed E-state index contributed by atoms with van der Waals surface area (Å²) in [6.45, 7) is 0.393. The van der Waals surface area contributed by atoms with Gasteiger partial charge in [0.2, 0.25) is 0 Å². The smallest absolute Gasteiger partial charge is 0.391 e. The highest BCUT2D eigenvalue weighted by atomic mass is 19.4. The number of carbonyl (C=O) groups is 1. The SMILES string of the molecule is O=C(O)c1cncc(N2CCC(C(F)(F)F)CC2)n1. The van der Waals surface area contributed by atoms with Crippen LogP contribution >= 0.6 is 0 Å². The van der Waals surface area contributed by atoms with Crippen molar-refractivity contribution in [1.82, 2.24) is 9.97 Å². The lowest BCUT2D eigenvalue weighted by Crippen LogP contribution is -2.39. The van der Waals surface area contributed by atoms with E-state index in [9.17, 15) is 18.0 Å². The summed E-state index contributed by atoms with van der Waals surface area (Å²) in [7, 11) is 0. The second-order valence-corrected chi connectivity index (χ2v) is 4.37. The van der Waals surface area contributed by atoms with Crippen molar-refractivity contribution >= 4 is 11.8 Å². The van der Waals surface area contributed by atoms with Crippen molar-refractivity contribution in [2.75, 3.05) is 18.0 Å². The molecule has 1 aliphatic rings. The number of rotatable bonds is 2. The second-order valence-electron chi connectivity index (χ2n) is 4.37. The number of anilines is 1. The fourth-order valence-corrected chi connectivity index (χ4v) is 2.05. The summed E-state index contributed by atoms with van der Waals surface area (Å²) in [4.78, 5) is 20.0. The highest BCUT2D eigenvalue weighted by Gasteiger charge is 2.41.